The van der Waals surface area contributed by atoms with E-state index in [1.54, 1.807) is 18.2 Å². The number of rotatable bonds is 3. The van der Waals surface area contributed by atoms with E-state index in [4.69, 9.17) is 5.11 Å². The van der Waals surface area contributed by atoms with Crippen LogP contribution in [-0.4, -0.2) is 36.2 Å². The van der Waals surface area contributed by atoms with Gasteiger partial charge in [0.1, 0.15) is 0 Å². The van der Waals surface area contributed by atoms with Gasteiger partial charge in [0.05, 0.1) is 17.4 Å². The number of carboxylic acids is 1. The van der Waals surface area contributed by atoms with Crippen LogP contribution in [0.25, 0.3) is 0 Å². The van der Waals surface area contributed by atoms with Gasteiger partial charge in [0.25, 0.3) is 0 Å². The van der Waals surface area contributed by atoms with Crippen molar-refractivity contribution in [2.75, 3.05) is 30.4 Å². The summed E-state index contributed by atoms with van der Waals surface area (Å²) in [7, 11) is 1.66. The van der Waals surface area contributed by atoms with Crippen LogP contribution in [0.5, 0.6) is 0 Å². The zero-order valence-electron chi connectivity index (χ0n) is 15.4. The normalized spacial score (nSPS) is 15.7. The predicted octanol–water partition coefficient (Wildman–Crippen LogP) is 3.99. The number of hydrogen-bond acceptors (Lipinski definition) is 4. The largest absolute Gasteiger partial charge is 0.478 e. The van der Waals surface area contributed by atoms with Gasteiger partial charge in [0.15, 0.2) is 0 Å². The Labute approximate surface area is 155 Å². The molecule has 0 spiro atoms. The van der Waals surface area contributed by atoms with Crippen LogP contribution in [0.3, 0.4) is 0 Å². The van der Waals surface area contributed by atoms with Gasteiger partial charge in [-0.2, -0.15) is 0 Å². The summed E-state index contributed by atoms with van der Waals surface area (Å²) < 4.78 is 0. The van der Waals surface area contributed by atoms with Crippen molar-refractivity contribution in [2.24, 2.45) is 0 Å². The van der Waals surface area contributed by atoms with Crippen LogP contribution >= 0.6 is 0 Å². The number of carboxylic acid groups (broad SMARTS) is 1. The van der Waals surface area contributed by atoms with Gasteiger partial charge in [-0.3, -0.25) is 4.98 Å². The Morgan fingerprint density at radius 1 is 1.08 bits per heavy atom. The number of anilines is 2. The Morgan fingerprint density at radius 3 is 2.46 bits per heavy atom. The number of nitrogens with zero attached hydrogens (tertiary/aromatic N) is 2. The molecule has 1 fully saturated rings. The average molecular weight is 353 g/mol. The lowest BCUT2D eigenvalue weighted by molar-refractivity contribution is 0.0698. The highest BCUT2D eigenvalue weighted by atomic mass is 16.4. The van der Waals surface area contributed by atoms with E-state index in [2.05, 4.69) is 33.4 Å². The maximum atomic E-state index is 10.5. The standard InChI is InChI=1S/C14H19N.C7H8N2O2/c1-2-6-13-11-14(8-7-12(13)5-1)15-9-3-4-10-15;1-8-6-4-9-3-2-5(6)7(10)11/h7-8,11H,1-6,9-10H2;2-4,8H,1H3,(H,10,11). The second kappa shape index (κ2) is 8.70. The molecule has 1 aliphatic carbocycles. The minimum atomic E-state index is -0.947. The Hall–Kier alpha value is -2.56. The Morgan fingerprint density at radius 2 is 1.81 bits per heavy atom. The van der Waals surface area contributed by atoms with Crippen molar-refractivity contribution in [3.05, 3.63) is 53.3 Å². The van der Waals surface area contributed by atoms with Crippen LogP contribution in [0, 0.1) is 0 Å². The highest BCUT2D eigenvalue weighted by Crippen LogP contribution is 2.27. The fraction of sp³-hybridized carbons (Fsp3) is 0.429. The zero-order valence-corrected chi connectivity index (χ0v) is 15.4. The van der Waals surface area contributed by atoms with E-state index in [1.165, 1.54) is 75.8 Å². The van der Waals surface area contributed by atoms with Crippen molar-refractivity contribution in [3.63, 3.8) is 0 Å². The van der Waals surface area contributed by atoms with Crippen molar-refractivity contribution in [1.82, 2.24) is 4.98 Å². The van der Waals surface area contributed by atoms with Crippen LogP contribution in [0.2, 0.25) is 0 Å². The first-order chi connectivity index (χ1) is 12.7. The van der Waals surface area contributed by atoms with E-state index in [9.17, 15) is 4.79 Å². The molecule has 2 aromatic rings. The Kier molecular flexibility index (Phi) is 6.10. The van der Waals surface area contributed by atoms with Crippen LogP contribution in [-0.2, 0) is 12.8 Å². The number of aromatic nitrogens is 1. The van der Waals surface area contributed by atoms with Gasteiger partial charge in [-0.1, -0.05) is 6.07 Å². The molecule has 1 aliphatic heterocycles. The number of hydrogen-bond donors (Lipinski definition) is 2. The molecule has 0 radical (unpaired) electrons. The summed E-state index contributed by atoms with van der Waals surface area (Å²) in [5.41, 5.74) is 5.45. The highest BCUT2D eigenvalue weighted by molar-refractivity contribution is 5.93. The second-order valence-corrected chi connectivity index (χ2v) is 6.83. The molecule has 1 aromatic carbocycles. The smallest absolute Gasteiger partial charge is 0.337 e. The summed E-state index contributed by atoms with van der Waals surface area (Å²) in [6.07, 6.45) is 11.0. The monoisotopic (exact) mass is 353 g/mol. The molecule has 0 bridgehead atoms. The lowest BCUT2D eigenvalue weighted by atomic mass is 9.91. The molecule has 0 unspecified atom stereocenters. The molecular formula is C21H27N3O2. The lowest BCUT2D eigenvalue weighted by Gasteiger charge is -2.22. The fourth-order valence-electron chi connectivity index (χ4n) is 3.67. The molecule has 1 aromatic heterocycles. The van der Waals surface area contributed by atoms with Gasteiger partial charge < -0.3 is 15.3 Å². The Bertz CT molecular complexity index is 755. The average Bonchev–Trinajstić information content (AvgIpc) is 3.23. The summed E-state index contributed by atoms with van der Waals surface area (Å²) in [4.78, 5) is 16.8. The molecule has 0 saturated carbocycles. The van der Waals surface area contributed by atoms with E-state index in [-0.39, 0.29) is 5.56 Å². The number of benzene rings is 1. The van der Waals surface area contributed by atoms with Gasteiger partial charge >= 0.3 is 5.97 Å². The molecule has 5 nitrogen and oxygen atoms in total. The first-order valence-corrected chi connectivity index (χ1v) is 9.41. The van der Waals surface area contributed by atoms with E-state index >= 15 is 0 Å². The topological polar surface area (TPSA) is 65.5 Å². The van der Waals surface area contributed by atoms with Crippen LogP contribution in [0.1, 0.15) is 47.2 Å². The third-order valence-corrected chi connectivity index (χ3v) is 5.12. The summed E-state index contributed by atoms with van der Waals surface area (Å²) in [6.45, 7) is 2.53. The minimum Gasteiger partial charge on any atom is -0.478 e. The maximum Gasteiger partial charge on any atom is 0.337 e. The van der Waals surface area contributed by atoms with E-state index in [0.29, 0.717) is 5.69 Å². The zero-order chi connectivity index (χ0) is 18.4. The van der Waals surface area contributed by atoms with Gasteiger partial charge in [-0.25, -0.2) is 4.79 Å². The maximum absolute atomic E-state index is 10.5. The number of aromatic carboxylic acids is 1. The number of pyridine rings is 1. The van der Waals surface area contributed by atoms with Crippen molar-refractivity contribution >= 4 is 17.3 Å². The third-order valence-electron chi connectivity index (χ3n) is 5.12. The van der Waals surface area contributed by atoms with Crippen molar-refractivity contribution in [3.8, 4) is 0 Å². The second-order valence-electron chi connectivity index (χ2n) is 6.83. The molecule has 0 atom stereocenters. The molecule has 4 rings (SSSR count). The van der Waals surface area contributed by atoms with E-state index in [1.807, 2.05) is 0 Å². The quantitative estimate of drug-likeness (QED) is 0.873. The molecular weight excluding hydrogens is 326 g/mol. The number of aryl methyl sites for hydroxylation is 2. The first kappa shape index (κ1) is 18.2. The highest BCUT2D eigenvalue weighted by Gasteiger charge is 2.15. The lowest BCUT2D eigenvalue weighted by Crippen LogP contribution is -2.18. The molecule has 5 heteroatoms. The number of nitrogens with one attached hydrogen (secondary N) is 1. The summed E-state index contributed by atoms with van der Waals surface area (Å²) >= 11 is 0. The SMILES string of the molecule is CNc1cnccc1C(=O)O.c1cc2c(cc1N1CCCC1)CCCC2. The van der Waals surface area contributed by atoms with Gasteiger partial charge in [-0.05, 0) is 67.9 Å². The predicted molar refractivity (Wildman–Crippen MR) is 105 cm³/mol. The summed E-state index contributed by atoms with van der Waals surface area (Å²) in [5, 5.41) is 11.4. The molecule has 138 valence electrons. The molecule has 2 aliphatic rings. The number of carbonyl (C=O) groups is 1. The summed E-state index contributed by atoms with van der Waals surface area (Å²) in [6, 6.07) is 8.59. The van der Waals surface area contributed by atoms with E-state index in [0.717, 1.165) is 0 Å². The number of fused-ring (bicyclic) bond motifs is 1. The van der Waals surface area contributed by atoms with Crippen LogP contribution in [0.15, 0.2) is 36.7 Å². The van der Waals surface area contributed by atoms with Crippen molar-refractivity contribution in [2.45, 2.75) is 38.5 Å². The molecule has 26 heavy (non-hydrogen) atoms. The molecule has 2 N–H and O–H groups in total. The van der Waals surface area contributed by atoms with Crippen LogP contribution < -0.4 is 10.2 Å². The minimum absolute atomic E-state index is 0.238. The molecule has 0 amide bonds. The van der Waals surface area contributed by atoms with Crippen LogP contribution in [0.4, 0.5) is 11.4 Å². The van der Waals surface area contributed by atoms with Crippen molar-refractivity contribution in [1.29, 1.82) is 0 Å². The van der Waals surface area contributed by atoms with Gasteiger partial charge in [0, 0.05) is 32.0 Å². The molecule has 2 heterocycles. The van der Waals surface area contributed by atoms with Gasteiger partial charge in [0.2, 0.25) is 0 Å². The first-order valence-electron chi connectivity index (χ1n) is 9.41. The summed E-state index contributed by atoms with van der Waals surface area (Å²) in [5.74, 6) is -0.947. The van der Waals surface area contributed by atoms with E-state index < -0.39 is 5.97 Å². The van der Waals surface area contributed by atoms with Crippen molar-refractivity contribution < 1.29 is 9.90 Å². The molecule has 1 saturated heterocycles. The third kappa shape index (κ3) is 4.34. The van der Waals surface area contributed by atoms with Gasteiger partial charge in [-0.15, -0.1) is 0 Å². The Balaban J connectivity index is 0.000000160. The fourth-order valence-corrected chi connectivity index (χ4v) is 3.67.